The number of carbonyl (C=O) groups excluding carboxylic acids is 2. The summed E-state index contributed by atoms with van der Waals surface area (Å²) in [7, 11) is 4.02. The molecule has 6 heteroatoms. The normalized spacial score (nSPS) is 16.0. The fourth-order valence-electron chi connectivity index (χ4n) is 3.51. The molecule has 0 radical (unpaired) electrons. The molecule has 0 aromatic heterocycles. The highest BCUT2D eigenvalue weighted by Crippen LogP contribution is 2.17. The van der Waals surface area contributed by atoms with Gasteiger partial charge in [-0.1, -0.05) is 38.3 Å². The molecule has 0 aliphatic heterocycles. The summed E-state index contributed by atoms with van der Waals surface area (Å²) < 4.78 is 0. The van der Waals surface area contributed by atoms with E-state index >= 15 is 0 Å². The Labute approximate surface area is 163 Å². The number of imide groups is 1. The van der Waals surface area contributed by atoms with Gasteiger partial charge in [-0.3, -0.25) is 15.0 Å². The van der Waals surface area contributed by atoms with Crippen molar-refractivity contribution >= 4 is 17.6 Å². The van der Waals surface area contributed by atoms with E-state index < -0.39 is 0 Å². The summed E-state index contributed by atoms with van der Waals surface area (Å²) in [6.45, 7) is 5.28. The van der Waals surface area contributed by atoms with Crippen molar-refractivity contribution in [1.82, 2.24) is 15.5 Å². The highest BCUT2D eigenvalue weighted by Gasteiger charge is 2.23. The fourth-order valence-corrected chi connectivity index (χ4v) is 3.51. The molecule has 1 aromatic rings. The second-order valence-corrected chi connectivity index (χ2v) is 7.60. The fraction of sp³-hybridized carbons (Fsp3) is 0.619. The molecule has 1 fully saturated rings. The lowest BCUT2D eigenvalue weighted by Crippen LogP contribution is -2.51. The monoisotopic (exact) mass is 374 g/mol. The van der Waals surface area contributed by atoms with Gasteiger partial charge in [0.1, 0.15) is 0 Å². The zero-order chi connectivity index (χ0) is 19.8. The number of hydrogen-bond donors (Lipinski definition) is 2. The van der Waals surface area contributed by atoms with Crippen LogP contribution in [0, 0.1) is 0 Å². The molecule has 0 bridgehead atoms. The Hall–Kier alpha value is -2.08. The average Bonchev–Trinajstić information content (AvgIpc) is 2.66. The van der Waals surface area contributed by atoms with Gasteiger partial charge < -0.3 is 10.2 Å². The molecule has 3 amide bonds. The van der Waals surface area contributed by atoms with E-state index in [0.717, 1.165) is 43.5 Å². The molecule has 6 nitrogen and oxygen atoms in total. The first kappa shape index (κ1) is 21.2. The van der Waals surface area contributed by atoms with Crippen molar-refractivity contribution in [2.75, 3.05) is 25.5 Å². The van der Waals surface area contributed by atoms with E-state index in [2.05, 4.69) is 44.7 Å². The minimum absolute atomic E-state index is 0.194. The molecule has 1 saturated carbocycles. The van der Waals surface area contributed by atoms with Crippen LogP contribution in [0.15, 0.2) is 24.3 Å². The van der Waals surface area contributed by atoms with Gasteiger partial charge >= 0.3 is 6.03 Å². The average molecular weight is 375 g/mol. The summed E-state index contributed by atoms with van der Waals surface area (Å²) in [6, 6.07) is 7.76. The first-order chi connectivity index (χ1) is 12.9. The van der Waals surface area contributed by atoms with E-state index in [1.165, 1.54) is 6.42 Å². The first-order valence-electron chi connectivity index (χ1n) is 10.0. The first-order valence-corrected chi connectivity index (χ1v) is 10.0. The van der Waals surface area contributed by atoms with Gasteiger partial charge in [-0.25, -0.2) is 4.79 Å². The van der Waals surface area contributed by atoms with Crippen LogP contribution < -0.4 is 15.5 Å². The SMILES string of the molecule is CCN(Cc1ccc(N(C)C)cc1)[C@H](C)C(=O)NC(=O)NC1CCCCC1. The minimum atomic E-state index is -0.374. The lowest BCUT2D eigenvalue weighted by Gasteiger charge is -2.28. The van der Waals surface area contributed by atoms with Gasteiger partial charge in [-0.15, -0.1) is 0 Å². The van der Waals surface area contributed by atoms with Crippen LogP contribution >= 0.6 is 0 Å². The number of benzene rings is 1. The zero-order valence-electron chi connectivity index (χ0n) is 17.1. The Morgan fingerprint density at radius 3 is 2.30 bits per heavy atom. The third-order valence-corrected chi connectivity index (χ3v) is 5.35. The molecule has 0 spiro atoms. The summed E-state index contributed by atoms with van der Waals surface area (Å²) in [5, 5.41) is 5.45. The number of hydrogen-bond acceptors (Lipinski definition) is 4. The zero-order valence-corrected chi connectivity index (χ0v) is 17.1. The lowest BCUT2D eigenvalue weighted by molar-refractivity contribution is -0.124. The quantitative estimate of drug-likeness (QED) is 0.770. The Morgan fingerprint density at radius 1 is 1.11 bits per heavy atom. The maximum atomic E-state index is 12.5. The van der Waals surface area contributed by atoms with Crippen LogP contribution in [0.1, 0.15) is 51.5 Å². The van der Waals surface area contributed by atoms with E-state index in [1.54, 1.807) is 0 Å². The molecule has 0 heterocycles. The number of rotatable bonds is 7. The molecular formula is C21H34N4O2. The van der Waals surface area contributed by atoms with Crippen LogP contribution in [0.2, 0.25) is 0 Å². The third kappa shape index (κ3) is 6.54. The lowest BCUT2D eigenvalue weighted by atomic mass is 9.96. The Kier molecular flexibility index (Phi) is 8.10. The van der Waals surface area contributed by atoms with Gasteiger partial charge in [0, 0.05) is 32.4 Å². The highest BCUT2D eigenvalue weighted by atomic mass is 16.2. The topological polar surface area (TPSA) is 64.7 Å². The van der Waals surface area contributed by atoms with Crippen molar-refractivity contribution in [3.8, 4) is 0 Å². The largest absolute Gasteiger partial charge is 0.378 e. The van der Waals surface area contributed by atoms with Crippen molar-refractivity contribution in [2.45, 2.75) is 64.6 Å². The number of carbonyl (C=O) groups is 2. The molecule has 27 heavy (non-hydrogen) atoms. The molecule has 2 N–H and O–H groups in total. The number of nitrogens with one attached hydrogen (secondary N) is 2. The van der Waals surface area contributed by atoms with Crippen LogP contribution in [-0.2, 0) is 11.3 Å². The highest BCUT2D eigenvalue weighted by molar-refractivity contribution is 5.96. The summed E-state index contributed by atoms with van der Waals surface area (Å²) in [5.41, 5.74) is 2.29. The molecule has 1 atom stereocenters. The van der Waals surface area contributed by atoms with Crippen molar-refractivity contribution in [1.29, 1.82) is 0 Å². The van der Waals surface area contributed by atoms with E-state index in [-0.39, 0.29) is 24.0 Å². The minimum Gasteiger partial charge on any atom is -0.378 e. The van der Waals surface area contributed by atoms with Gasteiger partial charge in [-0.05, 0) is 44.0 Å². The molecule has 1 aromatic carbocycles. The number of nitrogens with zero attached hydrogens (tertiary/aromatic N) is 2. The van der Waals surface area contributed by atoms with Crippen LogP contribution in [0.5, 0.6) is 0 Å². The number of amides is 3. The number of urea groups is 1. The maximum absolute atomic E-state index is 12.5. The standard InChI is InChI=1S/C21H34N4O2/c1-5-25(15-17-11-13-19(14-12-17)24(3)4)16(2)20(26)23-21(27)22-18-9-7-6-8-10-18/h11-14,16,18H,5-10,15H2,1-4H3,(H2,22,23,26,27)/t16-/m1/s1. The third-order valence-electron chi connectivity index (χ3n) is 5.35. The molecule has 0 unspecified atom stereocenters. The predicted molar refractivity (Wildman–Crippen MR) is 110 cm³/mol. The molecule has 150 valence electrons. The maximum Gasteiger partial charge on any atom is 0.321 e. The van der Waals surface area contributed by atoms with Crippen molar-refractivity contribution in [2.24, 2.45) is 0 Å². The molecule has 2 rings (SSSR count). The van der Waals surface area contributed by atoms with Crippen LogP contribution in [0.4, 0.5) is 10.5 Å². The van der Waals surface area contributed by atoms with Gasteiger partial charge in [-0.2, -0.15) is 0 Å². The number of anilines is 1. The number of likely N-dealkylation sites (N-methyl/N-ethyl adjacent to an activating group) is 1. The van der Waals surface area contributed by atoms with Gasteiger partial charge in [0.25, 0.3) is 0 Å². The summed E-state index contributed by atoms with van der Waals surface area (Å²) in [4.78, 5) is 28.8. The summed E-state index contributed by atoms with van der Waals surface area (Å²) in [5.74, 6) is -0.255. The molecular weight excluding hydrogens is 340 g/mol. The summed E-state index contributed by atoms with van der Waals surface area (Å²) in [6.07, 6.45) is 5.52. The van der Waals surface area contributed by atoms with Crippen molar-refractivity contribution in [3.63, 3.8) is 0 Å². The van der Waals surface area contributed by atoms with E-state index in [9.17, 15) is 9.59 Å². The van der Waals surface area contributed by atoms with Gasteiger partial charge in [0.05, 0.1) is 6.04 Å². The second-order valence-electron chi connectivity index (χ2n) is 7.60. The Morgan fingerprint density at radius 2 is 1.74 bits per heavy atom. The van der Waals surface area contributed by atoms with Gasteiger partial charge in [0.2, 0.25) is 5.91 Å². The van der Waals surface area contributed by atoms with Crippen LogP contribution in [0.3, 0.4) is 0 Å². The van der Waals surface area contributed by atoms with Crippen molar-refractivity contribution < 1.29 is 9.59 Å². The van der Waals surface area contributed by atoms with Crippen LogP contribution in [0.25, 0.3) is 0 Å². The molecule has 1 aliphatic rings. The molecule has 0 saturated heterocycles. The van der Waals surface area contributed by atoms with Gasteiger partial charge in [0.15, 0.2) is 0 Å². The Bertz CT molecular complexity index is 609. The summed E-state index contributed by atoms with van der Waals surface area (Å²) >= 11 is 0. The van der Waals surface area contributed by atoms with E-state index in [1.807, 2.05) is 27.9 Å². The molecule has 1 aliphatic carbocycles. The van der Waals surface area contributed by atoms with Crippen LogP contribution in [-0.4, -0.2) is 49.6 Å². The predicted octanol–water partition coefficient (Wildman–Crippen LogP) is 3.12. The smallest absolute Gasteiger partial charge is 0.321 e. The second kappa shape index (κ2) is 10.3. The Balaban J connectivity index is 1.87. The van der Waals surface area contributed by atoms with E-state index in [4.69, 9.17) is 0 Å². The van der Waals surface area contributed by atoms with Crippen molar-refractivity contribution in [3.05, 3.63) is 29.8 Å². The van der Waals surface area contributed by atoms with E-state index in [0.29, 0.717) is 6.54 Å².